The summed E-state index contributed by atoms with van der Waals surface area (Å²) < 4.78 is 28.9. The molecule has 1 fully saturated rings. The molecule has 0 spiro atoms. The maximum Gasteiger partial charge on any atom is 0.240 e. The predicted molar refractivity (Wildman–Crippen MR) is 106 cm³/mol. The topological polar surface area (TPSA) is 119 Å². The molecule has 2 N–H and O–H groups in total. The second-order valence-electron chi connectivity index (χ2n) is 7.52. The van der Waals surface area contributed by atoms with E-state index in [1.54, 1.807) is 23.7 Å². The first-order valence-electron chi connectivity index (χ1n) is 9.39. The highest BCUT2D eigenvalue weighted by Gasteiger charge is 2.25. The van der Waals surface area contributed by atoms with Crippen LogP contribution in [0.1, 0.15) is 44.0 Å². The third kappa shape index (κ3) is 5.14. The standard InChI is InChI=1S/C18H26N6O3S/c1-12-4-7-15(8-5-12)21-28(26,27)11-18(25)19-16-9-6-13(2)17(10-16)24-14(3)20-22-23-24/h6,9-10,12,15,21H,4-5,7-8,11H2,1-3H3,(H,19,25). The molecule has 0 unspecified atom stereocenters. The van der Waals surface area contributed by atoms with Crippen LogP contribution in [0.2, 0.25) is 0 Å². The molecular formula is C18H26N6O3S. The van der Waals surface area contributed by atoms with E-state index < -0.39 is 21.7 Å². The minimum Gasteiger partial charge on any atom is -0.325 e. The van der Waals surface area contributed by atoms with Gasteiger partial charge in [0.2, 0.25) is 15.9 Å². The molecule has 0 saturated heterocycles. The van der Waals surface area contributed by atoms with Gasteiger partial charge in [-0.15, -0.1) is 5.10 Å². The molecule has 152 valence electrons. The number of carbonyl (C=O) groups excluding carboxylic acids is 1. The summed E-state index contributed by atoms with van der Waals surface area (Å²) in [6.07, 6.45) is 3.63. The van der Waals surface area contributed by atoms with E-state index in [-0.39, 0.29) is 6.04 Å². The first kappa shape index (κ1) is 20.4. The van der Waals surface area contributed by atoms with Crippen LogP contribution in [0.4, 0.5) is 5.69 Å². The number of tetrazole rings is 1. The molecule has 0 atom stereocenters. The van der Waals surface area contributed by atoms with Gasteiger partial charge in [-0.2, -0.15) is 4.68 Å². The van der Waals surface area contributed by atoms with E-state index in [1.165, 1.54) is 0 Å². The number of aryl methyl sites for hydroxylation is 2. The monoisotopic (exact) mass is 406 g/mol. The zero-order valence-corrected chi connectivity index (χ0v) is 17.2. The summed E-state index contributed by atoms with van der Waals surface area (Å²) in [5.74, 6) is 0.0512. The van der Waals surface area contributed by atoms with Crippen molar-refractivity contribution >= 4 is 21.6 Å². The summed E-state index contributed by atoms with van der Waals surface area (Å²) in [6, 6.07) is 5.18. The van der Waals surface area contributed by atoms with E-state index in [0.717, 1.165) is 36.9 Å². The van der Waals surface area contributed by atoms with Gasteiger partial charge in [-0.1, -0.05) is 13.0 Å². The maximum absolute atomic E-state index is 12.3. The Morgan fingerprint density at radius 3 is 2.57 bits per heavy atom. The molecule has 10 heteroatoms. The van der Waals surface area contributed by atoms with Gasteiger partial charge in [0.15, 0.2) is 5.82 Å². The van der Waals surface area contributed by atoms with E-state index in [0.29, 0.717) is 17.4 Å². The number of benzene rings is 1. The highest BCUT2D eigenvalue weighted by atomic mass is 32.2. The number of sulfonamides is 1. The number of aromatic nitrogens is 4. The second kappa shape index (κ2) is 8.36. The number of nitrogens with zero attached hydrogens (tertiary/aromatic N) is 4. The predicted octanol–water partition coefficient (Wildman–Crippen LogP) is 1.72. The normalized spacial score (nSPS) is 20.1. The zero-order chi connectivity index (χ0) is 20.3. The second-order valence-corrected chi connectivity index (χ2v) is 9.27. The van der Waals surface area contributed by atoms with Crippen LogP contribution >= 0.6 is 0 Å². The molecule has 9 nitrogen and oxygen atoms in total. The van der Waals surface area contributed by atoms with E-state index in [1.807, 2.05) is 13.0 Å². The summed E-state index contributed by atoms with van der Waals surface area (Å²) in [6.45, 7) is 5.85. The Kier molecular flexibility index (Phi) is 6.09. The number of anilines is 1. The van der Waals surface area contributed by atoms with Crippen molar-refractivity contribution < 1.29 is 13.2 Å². The molecule has 3 rings (SSSR count). The Morgan fingerprint density at radius 2 is 1.93 bits per heavy atom. The molecule has 1 aliphatic rings. The molecule has 2 aromatic rings. The van der Waals surface area contributed by atoms with Gasteiger partial charge in [0, 0.05) is 11.7 Å². The fourth-order valence-electron chi connectivity index (χ4n) is 3.41. The average Bonchev–Trinajstić information content (AvgIpc) is 3.03. The lowest BCUT2D eigenvalue weighted by molar-refractivity contribution is -0.113. The molecule has 1 heterocycles. The Labute approximate surface area is 165 Å². The first-order valence-corrected chi connectivity index (χ1v) is 11.0. The van der Waals surface area contributed by atoms with Crippen LogP contribution in [0.25, 0.3) is 5.69 Å². The highest BCUT2D eigenvalue weighted by molar-refractivity contribution is 7.90. The molecule has 0 bridgehead atoms. The molecule has 0 radical (unpaired) electrons. The van der Waals surface area contributed by atoms with Crippen LogP contribution in [0.5, 0.6) is 0 Å². The third-order valence-electron chi connectivity index (χ3n) is 5.03. The number of amides is 1. The highest BCUT2D eigenvalue weighted by Crippen LogP contribution is 2.24. The van der Waals surface area contributed by atoms with Gasteiger partial charge in [-0.25, -0.2) is 13.1 Å². The summed E-state index contributed by atoms with van der Waals surface area (Å²) in [7, 11) is -3.69. The van der Waals surface area contributed by atoms with E-state index in [4.69, 9.17) is 0 Å². The number of rotatable bonds is 6. The van der Waals surface area contributed by atoms with E-state index >= 15 is 0 Å². The van der Waals surface area contributed by atoms with Crippen molar-refractivity contribution in [1.82, 2.24) is 24.9 Å². The van der Waals surface area contributed by atoms with Gasteiger partial charge in [0.25, 0.3) is 0 Å². The van der Waals surface area contributed by atoms with Crippen molar-refractivity contribution in [1.29, 1.82) is 0 Å². The van der Waals surface area contributed by atoms with Crippen LogP contribution < -0.4 is 10.0 Å². The molecule has 1 aliphatic carbocycles. The van der Waals surface area contributed by atoms with E-state index in [9.17, 15) is 13.2 Å². The lowest BCUT2D eigenvalue weighted by atomic mass is 9.88. The smallest absolute Gasteiger partial charge is 0.240 e. The molecule has 1 aromatic carbocycles. The van der Waals surface area contributed by atoms with Gasteiger partial charge < -0.3 is 5.32 Å². The zero-order valence-electron chi connectivity index (χ0n) is 16.3. The Morgan fingerprint density at radius 1 is 1.21 bits per heavy atom. The van der Waals surface area contributed by atoms with Gasteiger partial charge in [-0.05, 0) is 73.6 Å². The fourth-order valence-corrected chi connectivity index (χ4v) is 4.66. The van der Waals surface area contributed by atoms with Crippen LogP contribution in [-0.4, -0.2) is 46.3 Å². The van der Waals surface area contributed by atoms with Crippen molar-refractivity contribution in [2.45, 2.75) is 52.5 Å². The molecule has 1 amide bonds. The van der Waals surface area contributed by atoms with Gasteiger partial charge in [-0.3, -0.25) is 4.79 Å². The SMILES string of the molecule is Cc1ccc(NC(=O)CS(=O)(=O)NC2CCC(C)CC2)cc1-n1nnnc1C. The van der Waals surface area contributed by atoms with Gasteiger partial charge in [0.1, 0.15) is 5.75 Å². The van der Waals surface area contributed by atoms with Crippen LogP contribution in [0, 0.1) is 19.8 Å². The Bertz CT molecular complexity index is 948. The molecule has 1 saturated carbocycles. The van der Waals surface area contributed by atoms with Gasteiger partial charge >= 0.3 is 0 Å². The summed E-state index contributed by atoms with van der Waals surface area (Å²) in [5, 5.41) is 14.1. The van der Waals surface area contributed by atoms with Crippen LogP contribution in [-0.2, 0) is 14.8 Å². The molecular weight excluding hydrogens is 380 g/mol. The minimum absolute atomic E-state index is 0.0808. The average molecular weight is 407 g/mol. The largest absolute Gasteiger partial charge is 0.325 e. The first-order chi connectivity index (χ1) is 13.2. The number of carbonyl (C=O) groups is 1. The van der Waals surface area contributed by atoms with Crippen molar-refractivity contribution in [3.63, 3.8) is 0 Å². The van der Waals surface area contributed by atoms with Crippen molar-refractivity contribution in [2.24, 2.45) is 5.92 Å². The minimum atomic E-state index is -3.69. The van der Waals surface area contributed by atoms with Crippen molar-refractivity contribution in [2.75, 3.05) is 11.1 Å². The molecule has 0 aliphatic heterocycles. The summed E-state index contributed by atoms with van der Waals surface area (Å²) in [5.41, 5.74) is 2.13. The van der Waals surface area contributed by atoms with Crippen LogP contribution in [0.15, 0.2) is 18.2 Å². The lowest BCUT2D eigenvalue weighted by Crippen LogP contribution is -2.41. The summed E-state index contributed by atoms with van der Waals surface area (Å²) >= 11 is 0. The van der Waals surface area contributed by atoms with E-state index in [2.05, 4.69) is 32.5 Å². The van der Waals surface area contributed by atoms with Gasteiger partial charge in [0.05, 0.1) is 5.69 Å². The maximum atomic E-state index is 12.3. The summed E-state index contributed by atoms with van der Waals surface area (Å²) in [4.78, 5) is 12.3. The Balaban J connectivity index is 1.64. The molecule has 1 aromatic heterocycles. The lowest BCUT2D eigenvalue weighted by Gasteiger charge is -2.26. The number of nitrogens with one attached hydrogen (secondary N) is 2. The Hall–Kier alpha value is -2.33. The molecule has 28 heavy (non-hydrogen) atoms. The number of hydrogen-bond donors (Lipinski definition) is 2. The van der Waals surface area contributed by atoms with Crippen molar-refractivity contribution in [3.05, 3.63) is 29.6 Å². The van der Waals surface area contributed by atoms with Crippen LogP contribution in [0.3, 0.4) is 0 Å². The fraction of sp³-hybridized carbons (Fsp3) is 0.556. The third-order valence-corrected chi connectivity index (χ3v) is 6.36. The quantitative estimate of drug-likeness (QED) is 0.754. The number of hydrogen-bond acceptors (Lipinski definition) is 6. The van der Waals surface area contributed by atoms with Crippen molar-refractivity contribution in [3.8, 4) is 5.69 Å².